The number of ether oxygens (including phenoxy) is 2. The molecule has 0 amide bonds. The molecule has 7 nitrogen and oxygen atoms in total. The van der Waals surface area contributed by atoms with Crippen molar-refractivity contribution < 1.29 is 19.4 Å². The number of aliphatic carboxylic acids is 1. The van der Waals surface area contributed by atoms with Crippen molar-refractivity contribution in [3.63, 3.8) is 0 Å². The highest BCUT2D eigenvalue weighted by Crippen LogP contribution is 2.14. The Kier molecular flexibility index (Phi) is 6.17. The molecule has 20 heavy (non-hydrogen) atoms. The monoisotopic (exact) mass is 283 g/mol. The molecule has 1 rings (SSSR count). The predicted molar refractivity (Wildman–Crippen MR) is 74.1 cm³/mol. The van der Waals surface area contributed by atoms with Gasteiger partial charge in [-0.3, -0.25) is 0 Å². The van der Waals surface area contributed by atoms with Crippen LogP contribution >= 0.6 is 0 Å². The lowest BCUT2D eigenvalue weighted by Gasteiger charge is -2.15. The number of aryl methyl sites for hydroxylation is 1. The third kappa shape index (κ3) is 5.40. The van der Waals surface area contributed by atoms with Gasteiger partial charge in [-0.2, -0.15) is 4.98 Å². The lowest BCUT2D eigenvalue weighted by molar-refractivity contribution is -0.138. The van der Waals surface area contributed by atoms with Gasteiger partial charge in [0.15, 0.2) is 0 Å². The third-order valence-corrected chi connectivity index (χ3v) is 2.40. The molecule has 0 radical (unpaired) electrons. The molecule has 0 aliphatic carbocycles. The van der Waals surface area contributed by atoms with Crippen molar-refractivity contribution >= 4 is 11.9 Å². The summed E-state index contributed by atoms with van der Waals surface area (Å²) < 4.78 is 10.4. The topological polar surface area (TPSA) is 93.6 Å². The molecule has 7 heteroatoms. The summed E-state index contributed by atoms with van der Waals surface area (Å²) in [4.78, 5) is 19.5. The van der Waals surface area contributed by atoms with Crippen LogP contribution in [0.4, 0.5) is 5.95 Å². The summed E-state index contributed by atoms with van der Waals surface area (Å²) in [6, 6.07) is 0.902. The molecule has 0 bridgehead atoms. The average molecular weight is 283 g/mol. The molecule has 0 aliphatic heterocycles. The van der Waals surface area contributed by atoms with Gasteiger partial charge in [0.2, 0.25) is 11.8 Å². The fourth-order valence-corrected chi connectivity index (χ4v) is 1.56. The Morgan fingerprint density at radius 1 is 1.45 bits per heavy atom. The lowest BCUT2D eigenvalue weighted by Crippen LogP contribution is -2.31. The molecule has 0 spiro atoms. The summed E-state index contributed by atoms with van der Waals surface area (Å²) in [5, 5.41) is 11.9. The van der Waals surface area contributed by atoms with Crippen LogP contribution in [0, 0.1) is 6.92 Å². The molecule has 1 aromatic heterocycles. The number of methoxy groups -OCH3 is 1. The Bertz CT molecular complexity index is 451. The van der Waals surface area contributed by atoms with Gasteiger partial charge in [-0.1, -0.05) is 0 Å². The average Bonchev–Trinajstić information content (AvgIpc) is 2.32. The van der Waals surface area contributed by atoms with Gasteiger partial charge in [-0.25, -0.2) is 9.78 Å². The zero-order valence-corrected chi connectivity index (χ0v) is 12.2. The number of carbonyl (C=O) groups is 1. The molecule has 1 heterocycles. The maximum Gasteiger partial charge on any atom is 0.326 e. The van der Waals surface area contributed by atoms with E-state index in [0.717, 1.165) is 0 Å². The first-order valence-electron chi connectivity index (χ1n) is 6.43. The number of rotatable bonds is 8. The number of carboxylic acids is 1. The first-order chi connectivity index (χ1) is 9.42. The van der Waals surface area contributed by atoms with Gasteiger partial charge >= 0.3 is 5.97 Å². The van der Waals surface area contributed by atoms with Crippen molar-refractivity contribution in [2.24, 2.45) is 0 Å². The first-order valence-corrected chi connectivity index (χ1v) is 6.43. The molecule has 0 aliphatic rings. The highest BCUT2D eigenvalue weighted by Gasteiger charge is 2.18. The van der Waals surface area contributed by atoms with E-state index in [1.165, 1.54) is 7.11 Å². The van der Waals surface area contributed by atoms with Gasteiger partial charge < -0.3 is 19.9 Å². The van der Waals surface area contributed by atoms with Gasteiger partial charge in [0.05, 0.1) is 6.10 Å². The van der Waals surface area contributed by atoms with Crippen molar-refractivity contribution in [3.05, 3.63) is 11.8 Å². The van der Waals surface area contributed by atoms with Gasteiger partial charge in [0.25, 0.3) is 0 Å². The highest BCUT2D eigenvalue weighted by atomic mass is 16.5. The molecular formula is C13H21N3O4. The molecule has 112 valence electrons. The smallest absolute Gasteiger partial charge is 0.326 e. The number of hydrogen-bond donors (Lipinski definition) is 2. The van der Waals surface area contributed by atoms with E-state index >= 15 is 0 Å². The number of carboxylic acid groups (broad SMARTS) is 1. The molecule has 1 unspecified atom stereocenters. The van der Waals surface area contributed by atoms with Crippen LogP contribution in [-0.4, -0.2) is 46.9 Å². The van der Waals surface area contributed by atoms with E-state index in [9.17, 15) is 4.79 Å². The Morgan fingerprint density at radius 3 is 2.70 bits per heavy atom. The van der Waals surface area contributed by atoms with E-state index in [-0.39, 0.29) is 12.1 Å². The van der Waals surface area contributed by atoms with Crippen LogP contribution in [0.2, 0.25) is 0 Å². The minimum atomic E-state index is -0.974. The van der Waals surface area contributed by atoms with Gasteiger partial charge in [0.1, 0.15) is 6.04 Å². The number of anilines is 1. The summed E-state index contributed by atoms with van der Waals surface area (Å²) in [7, 11) is 1.52. The standard InChI is InChI=1S/C13H21N3O4/c1-8(2)20-11-7-9(3)14-13(16-11)15-10(12(17)18)5-6-19-4/h7-8,10H,5-6H2,1-4H3,(H,17,18)(H,14,15,16). The fourth-order valence-electron chi connectivity index (χ4n) is 1.56. The molecule has 1 aromatic rings. The van der Waals surface area contributed by atoms with E-state index in [1.54, 1.807) is 13.0 Å². The van der Waals surface area contributed by atoms with Crippen LogP contribution in [0.5, 0.6) is 5.88 Å². The molecule has 0 saturated carbocycles. The van der Waals surface area contributed by atoms with E-state index in [1.807, 2.05) is 13.8 Å². The number of nitrogens with one attached hydrogen (secondary N) is 1. The molecular weight excluding hydrogens is 262 g/mol. The summed E-state index contributed by atoms with van der Waals surface area (Å²) >= 11 is 0. The Hall–Kier alpha value is -1.89. The van der Waals surface area contributed by atoms with E-state index < -0.39 is 12.0 Å². The largest absolute Gasteiger partial charge is 0.480 e. The third-order valence-electron chi connectivity index (χ3n) is 2.40. The Morgan fingerprint density at radius 2 is 2.15 bits per heavy atom. The molecule has 0 fully saturated rings. The summed E-state index contributed by atoms with van der Waals surface area (Å²) in [6.45, 7) is 5.92. The fraction of sp³-hybridized carbons (Fsp3) is 0.615. The number of hydrogen-bond acceptors (Lipinski definition) is 6. The van der Waals surface area contributed by atoms with Crippen LogP contribution < -0.4 is 10.1 Å². The number of aromatic nitrogens is 2. The molecule has 2 N–H and O–H groups in total. The SMILES string of the molecule is COCCC(Nc1nc(C)cc(OC(C)C)n1)C(=O)O. The summed E-state index contributed by atoms with van der Waals surface area (Å²) in [5.41, 5.74) is 0.703. The lowest BCUT2D eigenvalue weighted by atomic mass is 10.2. The maximum atomic E-state index is 11.2. The van der Waals surface area contributed by atoms with Gasteiger partial charge in [-0.05, 0) is 20.8 Å². The van der Waals surface area contributed by atoms with Crippen molar-refractivity contribution in [1.29, 1.82) is 0 Å². The van der Waals surface area contributed by atoms with E-state index in [4.69, 9.17) is 14.6 Å². The first kappa shape index (κ1) is 16.2. The van der Waals surface area contributed by atoms with E-state index in [2.05, 4.69) is 15.3 Å². The van der Waals surface area contributed by atoms with Gasteiger partial charge in [-0.15, -0.1) is 0 Å². The van der Waals surface area contributed by atoms with Crippen molar-refractivity contribution in [2.75, 3.05) is 19.0 Å². The second-order valence-electron chi connectivity index (χ2n) is 4.65. The Labute approximate surface area is 118 Å². The van der Waals surface area contributed by atoms with Crippen LogP contribution in [0.3, 0.4) is 0 Å². The van der Waals surface area contributed by atoms with Crippen molar-refractivity contribution in [2.45, 2.75) is 39.3 Å². The molecule has 0 aromatic carbocycles. The minimum Gasteiger partial charge on any atom is -0.480 e. The quantitative estimate of drug-likeness (QED) is 0.746. The highest BCUT2D eigenvalue weighted by molar-refractivity contribution is 5.76. The second-order valence-corrected chi connectivity index (χ2v) is 4.65. The minimum absolute atomic E-state index is 0.0130. The van der Waals surface area contributed by atoms with Crippen LogP contribution in [0.1, 0.15) is 26.0 Å². The van der Waals surface area contributed by atoms with E-state index in [0.29, 0.717) is 24.6 Å². The summed E-state index contributed by atoms with van der Waals surface area (Å²) in [6.07, 6.45) is 0.310. The van der Waals surface area contributed by atoms with Crippen molar-refractivity contribution in [3.8, 4) is 5.88 Å². The van der Waals surface area contributed by atoms with Crippen molar-refractivity contribution in [1.82, 2.24) is 9.97 Å². The van der Waals surface area contributed by atoms with Crippen LogP contribution in [0.15, 0.2) is 6.07 Å². The van der Waals surface area contributed by atoms with Gasteiger partial charge in [0, 0.05) is 31.9 Å². The molecule has 0 saturated heterocycles. The second kappa shape index (κ2) is 7.64. The maximum absolute atomic E-state index is 11.2. The van der Waals surface area contributed by atoms with Crippen LogP contribution in [0.25, 0.3) is 0 Å². The number of nitrogens with zero attached hydrogens (tertiary/aromatic N) is 2. The van der Waals surface area contributed by atoms with Crippen LogP contribution in [-0.2, 0) is 9.53 Å². The zero-order valence-electron chi connectivity index (χ0n) is 12.2. The zero-order chi connectivity index (χ0) is 15.1. The predicted octanol–water partition coefficient (Wildman–Crippen LogP) is 1.47. The Balaban J connectivity index is 2.83. The summed E-state index contributed by atoms with van der Waals surface area (Å²) in [5.74, 6) is -0.312. The molecule has 1 atom stereocenters. The normalized spacial score (nSPS) is 12.2.